The van der Waals surface area contributed by atoms with E-state index in [9.17, 15) is 0 Å². The summed E-state index contributed by atoms with van der Waals surface area (Å²) in [5.74, 6) is 0. The average molecular weight is 326 g/mol. The molecule has 2 aromatic rings. The molecule has 0 amide bonds. The Bertz CT molecular complexity index is 364. The first kappa shape index (κ1) is 15.6. The van der Waals surface area contributed by atoms with Crippen molar-refractivity contribution in [1.29, 1.82) is 0 Å². The molecule has 0 unspecified atom stereocenters. The second kappa shape index (κ2) is 10.4. The van der Waals surface area contributed by atoms with Crippen molar-refractivity contribution in [1.82, 2.24) is 0 Å². The van der Waals surface area contributed by atoms with Gasteiger partial charge in [0, 0.05) is 0 Å². The summed E-state index contributed by atoms with van der Waals surface area (Å²) < 4.78 is 0. The zero-order valence-electron chi connectivity index (χ0n) is 9.97. The summed E-state index contributed by atoms with van der Waals surface area (Å²) in [6.07, 6.45) is 3.58. The summed E-state index contributed by atoms with van der Waals surface area (Å²) in [5, 5.41) is 0. The first-order chi connectivity index (χ1) is 8.86. The summed E-state index contributed by atoms with van der Waals surface area (Å²) in [6, 6.07) is 21.4. The molecule has 0 spiro atoms. The van der Waals surface area contributed by atoms with Crippen LogP contribution in [0.15, 0.2) is 60.7 Å². The number of hydrogen-bond acceptors (Lipinski definition) is 0. The summed E-state index contributed by atoms with van der Waals surface area (Å²) in [7, 11) is 9.40. The zero-order valence-corrected chi connectivity index (χ0v) is 12.5. The number of aryl methyl sites for hydroxylation is 2. The molecule has 2 rings (SSSR count). The minimum absolute atomic E-state index is 0.569. The smallest absolute Gasteiger partial charge is 0.0276 e. The third-order valence-corrected chi connectivity index (χ3v) is 2.62. The van der Waals surface area contributed by atoms with E-state index in [0.717, 1.165) is 0 Å². The van der Waals surface area contributed by atoms with Crippen LogP contribution < -0.4 is 0 Å². The van der Waals surface area contributed by atoms with Crippen molar-refractivity contribution in [3.8, 4) is 0 Å². The predicted molar refractivity (Wildman–Crippen MR) is 76.6 cm³/mol. The second-order valence-corrected chi connectivity index (χ2v) is 5.50. The summed E-state index contributed by atoms with van der Waals surface area (Å²) in [5.41, 5.74) is 2.88. The molecule has 0 aliphatic heterocycles. The standard InChI is InChI=1S/C15H16.2ClH.Ni/c1-3-8-14(9-4-1)12-7-13-15-10-5-2-6-11-15;;;/h1-6,8-11H,7,12-13H2;2*1H;/q;;;+2/p-2. The van der Waals surface area contributed by atoms with Crippen molar-refractivity contribution in [2.45, 2.75) is 19.3 Å². The topological polar surface area (TPSA) is 0 Å². The molecular weight excluding hydrogens is 310 g/mol. The SMILES string of the molecule is [Cl][Ni][Cl].c1ccc(CCCc2ccccc2)cc1. The molecule has 100 valence electrons. The van der Waals surface area contributed by atoms with Gasteiger partial charge >= 0.3 is 33.0 Å². The van der Waals surface area contributed by atoms with Crippen LogP contribution in [0.4, 0.5) is 0 Å². The van der Waals surface area contributed by atoms with Gasteiger partial charge in [0.25, 0.3) is 0 Å². The van der Waals surface area contributed by atoms with Gasteiger partial charge in [0.15, 0.2) is 0 Å². The van der Waals surface area contributed by atoms with E-state index in [2.05, 4.69) is 60.7 Å². The van der Waals surface area contributed by atoms with Gasteiger partial charge in [-0.15, -0.1) is 0 Å². The van der Waals surface area contributed by atoms with Crippen LogP contribution in [-0.2, 0) is 25.5 Å². The Morgan fingerprint density at radius 2 is 1.00 bits per heavy atom. The van der Waals surface area contributed by atoms with Gasteiger partial charge in [-0.25, -0.2) is 0 Å². The minimum atomic E-state index is 0.569. The van der Waals surface area contributed by atoms with E-state index in [1.54, 1.807) is 0 Å². The molecule has 0 N–H and O–H groups in total. The quantitative estimate of drug-likeness (QED) is 0.674. The first-order valence-electron chi connectivity index (χ1n) is 5.77. The van der Waals surface area contributed by atoms with Crippen LogP contribution in [0.1, 0.15) is 17.5 Å². The second-order valence-electron chi connectivity index (χ2n) is 3.87. The Morgan fingerprint density at radius 1 is 0.667 bits per heavy atom. The average Bonchev–Trinajstić information content (AvgIpc) is 2.42. The van der Waals surface area contributed by atoms with Crippen molar-refractivity contribution >= 4 is 20.4 Å². The van der Waals surface area contributed by atoms with Crippen molar-refractivity contribution in [2.75, 3.05) is 0 Å². The summed E-state index contributed by atoms with van der Waals surface area (Å²) in [6.45, 7) is 0. The Hall–Kier alpha value is -0.486. The molecule has 0 nitrogen and oxygen atoms in total. The van der Waals surface area contributed by atoms with Gasteiger partial charge in [-0.2, -0.15) is 0 Å². The van der Waals surface area contributed by atoms with E-state index in [4.69, 9.17) is 20.4 Å². The molecule has 0 aromatic heterocycles. The molecule has 18 heavy (non-hydrogen) atoms. The van der Waals surface area contributed by atoms with Crippen molar-refractivity contribution < 1.29 is 12.7 Å². The molecule has 0 radical (unpaired) electrons. The Balaban J connectivity index is 0.000000492. The van der Waals surface area contributed by atoms with E-state index in [-0.39, 0.29) is 0 Å². The van der Waals surface area contributed by atoms with Crippen molar-refractivity contribution in [3.05, 3.63) is 71.8 Å². The molecule has 0 atom stereocenters. The van der Waals surface area contributed by atoms with Gasteiger partial charge in [-0.05, 0) is 30.4 Å². The Kier molecular flexibility index (Phi) is 9.03. The molecular formula is C15H16Cl2Ni. The van der Waals surface area contributed by atoms with Gasteiger partial charge in [-0.1, -0.05) is 60.7 Å². The normalized spacial score (nSPS) is 9.67. The van der Waals surface area contributed by atoms with Crippen LogP contribution in [0.3, 0.4) is 0 Å². The van der Waals surface area contributed by atoms with Crippen LogP contribution in [0.25, 0.3) is 0 Å². The monoisotopic (exact) mass is 324 g/mol. The Morgan fingerprint density at radius 3 is 1.33 bits per heavy atom. The van der Waals surface area contributed by atoms with Gasteiger partial charge in [0.1, 0.15) is 0 Å². The number of benzene rings is 2. The van der Waals surface area contributed by atoms with Crippen LogP contribution in [0.5, 0.6) is 0 Å². The molecule has 0 saturated carbocycles. The fourth-order valence-corrected chi connectivity index (χ4v) is 1.79. The van der Waals surface area contributed by atoms with E-state index >= 15 is 0 Å². The van der Waals surface area contributed by atoms with E-state index < -0.39 is 0 Å². The molecule has 0 aliphatic carbocycles. The maximum absolute atomic E-state index is 4.70. The molecule has 0 bridgehead atoms. The minimum Gasteiger partial charge on any atom is -0.0622 e. The maximum atomic E-state index is 4.70. The van der Waals surface area contributed by atoms with Crippen LogP contribution >= 0.6 is 20.4 Å². The van der Waals surface area contributed by atoms with Crippen molar-refractivity contribution in [3.63, 3.8) is 0 Å². The molecule has 0 aliphatic rings. The van der Waals surface area contributed by atoms with E-state index in [1.807, 2.05) is 0 Å². The van der Waals surface area contributed by atoms with E-state index in [1.165, 1.54) is 30.4 Å². The Labute approximate surface area is 124 Å². The summed E-state index contributed by atoms with van der Waals surface area (Å²) >= 11 is 0.569. The number of halogens is 2. The fourth-order valence-electron chi connectivity index (χ4n) is 1.79. The predicted octanol–water partition coefficient (Wildman–Crippen LogP) is 5.24. The molecule has 0 fully saturated rings. The zero-order chi connectivity index (χ0) is 13.1. The molecule has 3 heteroatoms. The third-order valence-electron chi connectivity index (χ3n) is 2.62. The van der Waals surface area contributed by atoms with Crippen LogP contribution in [0, 0.1) is 0 Å². The molecule has 0 saturated heterocycles. The van der Waals surface area contributed by atoms with Gasteiger partial charge in [0.05, 0.1) is 0 Å². The maximum Gasteiger partial charge on any atom is -0.0276 e. The number of rotatable bonds is 4. The number of hydrogen-bond donors (Lipinski definition) is 0. The van der Waals surface area contributed by atoms with Gasteiger partial charge < -0.3 is 0 Å². The first-order valence-corrected chi connectivity index (χ1v) is 8.49. The fraction of sp³-hybridized carbons (Fsp3) is 0.200. The van der Waals surface area contributed by atoms with Crippen molar-refractivity contribution in [2.24, 2.45) is 0 Å². The molecule has 0 heterocycles. The van der Waals surface area contributed by atoms with Gasteiger partial charge in [0.2, 0.25) is 0 Å². The molecule has 2 aromatic carbocycles. The largest absolute Gasteiger partial charge is 0.0622 e. The van der Waals surface area contributed by atoms with E-state index in [0.29, 0.717) is 12.7 Å². The van der Waals surface area contributed by atoms with Crippen LogP contribution in [-0.4, -0.2) is 0 Å². The van der Waals surface area contributed by atoms with Crippen LogP contribution in [0.2, 0.25) is 0 Å². The summed E-state index contributed by atoms with van der Waals surface area (Å²) in [4.78, 5) is 0. The van der Waals surface area contributed by atoms with Gasteiger partial charge in [-0.3, -0.25) is 0 Å². The third kappa shape index (κ3) is 7.06.